The highest BCUT2D eigenvalue weighted by atomic mass is 14.8. The van der Waals surface area contributed by atoms with Crippen molar-refractivity contribution in [1.29, 1.82) is 0 Å². The van der Waals surface area contributed by atoms with Gasteiger partial charge in [0.05, 0.1) is 6.17 Å². The molecule has 0 aromatic heterocycles. The first-order chi connectivity index (χ1) is 8.77. The molecule has 0 fully saturated rings. The summed E-state index contributed by atoms with van der Waals surface area (Å²) in [7, 11) is 0. The lowest BCUT2D eigenvalue weighted by Crippen LogP contribution is -2.29. The van der Waals surface area contributed by atoms with E-state index in [9.17, 15) is 0 Å². The Morgan fingerprint density at radius 1 is 0.722 bits per heavy atom. The summed E-state index contributed by atoms with van der Waals surface area (Å²) < 4.78 is 0. The van der Waals surface area contributed by atoms with Crippen LogP contribution >= 0.6 is 0 Å². The summed E-state index contributed by atoms with van der Waals surface area (Å²) in [5.41, 5.74) is 11.0. The SMILES string of the molecule is CCCNCCCCCCCCCCCC(N)N. The molecule has 5 N–H and O–H groups in total. The molecule has 0 amide bonds. The summed E-state index contributed by atoms with van der Waals surface area (Å²) in [6.07, 6.45) is 14.3. The van der Waals surface area contributed by atoms with Gasteiger partial charge in [-0.2, -0.15) is 0 Å². The van der Waals surface area contributed by atoms with Gasteiger partial charge in [0.2, 0.25) is 0 Å². The third-order valence-electron chi connectivity index (χ3n) is 3.32. The predicted molar refractivity (Wildman–Crippen MR) is 81.5 cm³/mol. The van der Waals surface area contributed by atoms with Crippen molar-refractivity contribution in [2.45, 2.75) is 83.7 Å². The van der Waals surface area contributed by atoms with Crippen LogP contribution in [0.3, 0.4) is 0 Å². The molecule has 0 radical (unpaired) electrons. The summed E-state index contributed by atoms with van der Waals surface area (Å²) >= 11 is 0. The number of hydrogen-bond acceptors (Lipinski definition) is 3. The van der Waals surface area contributed by atoms with Gasteiger partial charge in [0.1, 0.15) is 0 Å². The molecule has 0 aliphatic rings. The predicted octanol–water partition coefficient (Wildman–Crippen LogP) is 3.13. The maximum absolute atomic E-state index is 5.50. The summed E-state index contributed by atoms with van der Waals surface area (Å²) in [4.78, 5) is 0. The summed E-state index contributed by atoms with van der Waals surface area (Å²) in [5, 5.41) is 3.45. The molecule has 0 saturated heterocycles. The van der Waals surface area contributed by atoms with Crippen LogP contribution in [0.25, 0.3) is 0 Å². The van der Waals surface area contributed by atoms with Crippen molar-refractivity contribution >= 4 is 0 Å². The lowest BCUT2D eigenvalue weighted by atomic mass is 10.1. The van der Waals surface area contributed by atoms with Gasteiger partial charge in [-0.3, -0.25) is 0 Å². The summed E-state index contributed by atoms with van der Waals surface area (Å²) in [5.74, 6) is 0. The molecule has 0 aliphatic heterocycles. The minimum atomic E-state index is -0.105. The molecule has 0 saturated carbocycles. The molecular formula is C15H35N3. The molecule has 0 unspecified atom stereocenters. The van der Waals surface area contributed by atoms with Gasteiger partial charge in [0.15, 0.2) is 0 Å². The zero-order chi connectivity index (χ0) is 13.5. The van der Waals surface area contributed by atoms with E-state index in [2.05, 4.69) is 12.2 Å². The average molecular weight is 257 g/mol. The standard InChI is InChI=1S/C15H35N3/c1-2-13-18-14-11-9-7-5-3-4-6-8-10-12-15(16)17/h15,18H,2-14,16-17H2,1H3. The van der Waals surface area contributed by atoms with Crippen molar-refractivity contribution in [3.05, 3.63) is 0 Å². The lowest BCUT2D eigenvalue weighted by molar-refractivity contribution is 0.523. The molecule has 0 aromatic rings. The van der Waals surface area contributed by atoms with Gasteiger partial charge in [0, 0.05) is 0 Å². The van der Waals surface area contributed by atoms with Crippen LogP contribution in [0.1, 0.15) is 77.6 Å². The molecule has 0 aromatic carbocycles. The van der Waals surface area contributed by atoms with E-state index in [-0.39, 0.29) is 6.17 Å². The molecule has 110 valence electrons. The third kappa shape index (κ3) is 15.9. The highest BCUT2D eigenvalue weighted by molar-refractivity contribution is 4.53. The second kappa shape index (κ2) is 14.9. The Bertz CT molecular complexity index is 149. The molecule has 18 heavy (non-hydrogen) atoms. The zero-order valence-electron chi connectivity index (χ0n) is 12.4. The quantitative estimate of drug-likeness (QED) is 0.331. The maximum Gasteiger partial charge on any atom is 0.0520 e. The van der Waals surface area contributed by atoms with E-state index in [1.807, 2.05) is 0 Å². The van der Waals surface area contributed by atoms with Crippen LogP contribution in [0.2, 0.25) is 0 Å². The minimum absolute atomic E-state index is 0.105. The topological polar surface area (TPSA) is 64.1 Å². The van der Waals surface area contributed by atoms with E-state index in [1.54, 1.807) is 0 Å². The summed E-state index contributed by atoms with van der Waals surface area (Å²) in [6.45, 7) is 4.59. The zero-order valence-corrected chi connectivity index (χ0v) is 12.4. The molecule has 3 heteroatoms. The Morgan fingerprint density at radius 3 is 1.72 bits per heavy atom. The second-order valence-corrected chi connectivity index (χ2v) is 5.38. The lowest BCUT2D eigenvalue weighted by Gasteiger charge is -2.05. The fourth-order valence-electron chi connectivity index (χ4n) is 2.17. The Kier molecular flexibility index (Phi) is 14.8. The van der Waals surface area contributed by atoms with Crippen molar-refractivity contribution in [3.8, 4) is 0 Å². The number of rotatable bonds is 14. The first-order valence-corrected chi connectivity index (χ1v) is 7.99. The molecule has 0 rings (SSSR count). The molecule has 0 heterocycles. The van der Waals surface area contributed by atoms with Crippen molar-refractivity contribution in [3.63, 3.8) is 0 Å². The van der Waals surface area contributed by atoms with E-state index >= 15 is 0 Å². The average Bonchev–Trinajstić information content (AvgIpc) is 2.34. The molecule has 3 nitrogen and oxygen atoms in total. The second-order valence-electron chi connectivity index (χ2n) is 5.38. The van der Waals surface area contributed by atoms with Crippen LogP contribution in [0.5, 0.6) is 0 Å². The number of nitrogens with one attached hydrogen (secondary N) is 1. The molecule has 0 aliphatic carbocycles. The fourth-order valence-corrected chi connectivity index (χ4v) is 2.17. The van der Waals surface area contributed by atoms with Crippen LogP contribution in [0, 0.1) is 0 Å². The smallest absolute Gasteiger partial charge is 0.0520 e. The Labute approximate surface area is 114 Å². The van der Waals surface area contributed by atoms with Crippen LogP contribution < -0.4 is 16.8 Å². The van der Waals surface area contributed by atoms with Crippen molar-refractivity contribution < 1.29 is 0 Å². The normalized spacial score (nSPS) is 11.3. The molecular weight excluding hydrogens is 222 g/mol. The van der Waals surface area contributed by atoms with E-state index in [0.29, 0.717) is 0 Å². The first-order valence-electron chi connectivity index (χ1n) is 7.99. The molecule has 0 spiro atoms. The van der Waals surface area contributed by atoms with Crippen molar-refractivity contribution in [2.75, 3.05) is 13.1 Å². The van der Waals surface area contributed by atoms with E-state index in [4.69, 9.17) is 11.5 Å². The van der Waals surface area contributed by atoms with E-state index < -0.39 is 0 Å². The first kappa shape index (κ1) is 17.9. The Hall–Kier alpha value is -0.120. The van der Waals surface area contributed by atoms with Gasteiger partial charge < -0.3 is 16.8 Å². The van der Waals surface area contributed by atoms with Crippen molar-refractivity contribution in [2.24, 2.45) is 11.5 Å². The number of nitrogens with two attached hydrogens (primary N) is 2. The van der Waals surface area contributed by atoms with E-state index in [1.165, 1.54) is 77.3 Å². The minimum Gasteiger partial charge on any atom is -0.317 e. The van der Waals surface area contributed by atoms with Gasteiger partial charge in [-0.15, -0.1) is 0 Å². The van der Waals surface area contributed by atoms with Crippen LogP contribution in [0.4, 0.5) is 0 Å². The highest BCUT2D eigenvalue weighted by Gasteiger charge is 1.95. The third-order valence-corrected chi connectivity index (χ3v) is 3.32. The van der Waals surface area contributed by atoms with Crippen LogP contribution in [-0.2, 0) is 0 Å². The molecule has 0 bridgehead atoms. The molecule has 0 atom stereocenters. The van der Waals surface area contributed by atoms with E-state index in [0.717, 1.165) is 6.42 Å². The monoisotopic (exact) mass is 257 g/mol. The number of unbranched alkanes of at least 4 members (excludes halogenated alkanes) is 8. The van der Waals surface area contributed by atoms with Gasteiger partial charge in [-0.05, 0) is 32.4 Å². The van der Waals surface area contributed by atoms with Crippen molar-refractivity contribution in [1.82, 2.24) is 5.32 Å². The van der Waals surface area contributed by atoms with Gasteiger partial charge in [-0.25, -0.2) is 0 Å². The Morgan fingerprint density at radius 2 is 1.22 bits per heavy atom. The van der Waals surface area contributed by atoms with Gasteiger partial charge >= 0.3 is 0 Å². The largest absolute Gasteiger partial charge is 0.317 e. The fraction of sp³-hybridized carbons (Fsp3) is 1.00. The summed E-state index contributed by atoms with van der Waals surface area (Å²) in [6, 6.07) is 0. The van der Waals surface area contributed by atoms with Crippen LogP contribution in [0.15, 0.2) is 0 Å². The van der Waals surface area contributed by atoms with Gasteiger partial charge in [0.25, 0.3) is 0 Å². The Balaban J connectivity index is 2.90. The maximum atomic E-state index is 5.50. The number of hydrogen-bond donors (Lipinski definition) is 3. The van der Waals surface area contributed by atoms with Crippen LogP contribution in [-0.4, -0.2) is 19.3 Å². The highest BCUT2D eigenvalue weighted by Crippen LogP contribution is 2.10. The van der Waals surface area contributed by atoms with Gasteiger partial charge in [-0.1, -0.05) is 58.3 Å².